The second-order valence-electron chi connectivity index (χ2n) is 7.00. The van der Waals surface area contributed by atoms with E-state index in [-0.39, 0.29) is 0 Å². The molecule has 0 saturated carbocycles. The molecule has 1 aliphatic rings. The van der Waals surface area contributed by atoms with E-state index in [1.54, 1.807) is 0 Å². The van der Waals surface area contributed by atoms with Crippen molar-refractivity contribution in [3.8, 4) is 0 Å². The van der Waals surface area contributed by atoms with Crippen LogP contribution in [0.25, 0.3) is 0 Å². The van der Waals surface area contributed by atoms with E-state index in [1.165, 1.54) is 49.9 Å². The molecule has 1 heterocycles. The summed E-state index contributed by atoms with van der Waals surface area (Å²) in [5.74, 6) is 0. The molecule has 1 aromatic rings. The third-order valence-electron chi connectivity index (χ3n) is 4.73. The second kappa shape index (κ2) is 7.95. The van der Waals surface area contributed by atoms with Gasteiger partial charge in [0.1, 0.15) is 0 Å². The number of hydrogen-bond donors (Lipinski definition) is 1. The minimum atomic E-state index is 0.612. The van der Waals surface area contributed by atoms with E-state index in [4.69, 9.17) is 0 Å². The lowest BCUT2D eigenvalue weighted by atomic mass is 10.0. The number of benzene rings is 1. The van der Waals surface area contributed by atoms with E-state index >= 15 is 0 Å². The zero-order valence-corrected chi connectivity index (χ0v) is 14.2. The van der Waals surface area contributed by atoms with Crippen LogP contribution in [0.3, 0.4) is 0 Å². The van der Waals surface area contributed by atoms with Crippen LogP contribution in [0.4, 0.5) is 0 Å². The predicted molar refractivity (Wildman–Crippen MR) is 91.8 cm³/mol. The molecule has 0 spiro atoms. The largest absolute Gasteiger partial charge is 0.311 e. The first-order valence-electron chi connectivity index (χ1n) is 8.60. The highest BCUT2D eigenvalue weighted by Crippen LogP contribution is 2.15. The number of hydrogen-bond acceptors (Lipinski definition) is 2. The van der Waals surface area contributed by atoms with Crippen LogP contribution in [0.1, 0.15) is 51.2 Å². The molecular formula is C19H32N2. The Morgan fingerprint density at radius 2 is 1.90 bits per heavy atom. The van der Waals surface area contributed by atoms with Crippen molar-refractivity contribution in [3.63, 3.8) is 0 Å². The van der Waals surface area contributed by atoms with E-state index in [2.05, 4.69) is 62.2 Å². The summed E-state index contributed by atoms with van der Waals surface area (Å²) < 4.78 is 0. The van der Waals surface area contributed by atoms with Gasteiger partial charge in [-0.15, -0.1) is 0 Å². The number of nitrogens with one attached hydrogen (secondary N) is 1. The molecule has 0 bridgehead atoms. The SMILES string of the molecule is Cc1cccc(CCC(C)NC2CCN(C(C)C)CC2)c1. The van der Waals surface area contributed by atoms with Gasteiger partial charge in [0.25, 0.3) is 0 Å². The van der Waals surface area contributed by atoms with Crippen LogP contribution in [0.5, 0.6) is 0 Å². The van der Waals surface area contributed by atoms with Crippen molar-refractivity contribution in [2.45, 2.75) is 71.5 Å². The molecule has 1 aromatic carbocycles. The number of rotatable bonds is 6. The fraction of sp³-hybridized carbons (Fsp3) is 0.684. The predicted octanol–water partition coefficient (Wildman–Crippen LogP) is 3.78. The average molecular weight is 288 g/mol. The Morgan fingerprint density at radius 3 is 2.52 bits per heavy atom. The van der Waals surface area contributed by atoms with E-state index in [0.717, 1.165) is 0 Å². The second-order valence-corrected chi connectivity index (χ2v) is 7.00. The molecule has 21 heavy (non-hydrogen) atoms. The molecule has 1 N–H and O–H groups in total. The highest BCUT2D eigenvalue weighted by molar-refractivity contribution is 5.22. The minimum absolute atomic E-state index is 0.612. The fourth-order valence-corrected chi connectivity index (χ4v) is 3.32. The Bertz CT molecular complexity index is 419. The maximum atomic E-state index is 3.84. The average Bonchev–Trinajstić information content (AvgIpc) is 2.46. The third-order valence-corrected chi connectivity index (χ3v) is 4.73. The smallest absolute Gasteiger partial charge is 0.00938 e. The maximum absolute atomic E-state index is 3.84. The first-order chi connectivity index (χ1) is 10.0. The first kappa shape index (κ1) is 16.5. The lowest BCUT2D eigenvalue weighted by Crippen LogP contribution is -2.47. The lowest BCUT2D eigenvalue weighted by molar-refractivity contribution is 0.156. The summed E-state index contributed by atoms with van der Waals surface area (Å²) in [7, 11) is 0. The maximum Gasteiger partial charge on any atom is 0.00938 e. The number of nitrogens with zero attached hydrogens (tertiary/aromatic N) is 1. The Morgan fingerprint density at radius 1 is 1.19 bits per heavy atom. The van der Waals surface area contributed by atoms with Crippen LogP contribution >= 0.6 is 0 Å². The topological polar surface area (TPSA) is 15.3 Å². The normalized spacial score (nSPS) is 19.1. The van der Waals surface area contributed by atoms with Gasteiger partial charge in [-0.25, -0.2) is 0 Å². The van der Waals surface area contributed by atoms with Crippen LogP contribution in [0, 0.1) is 6.92 Å². The molecule has 1 unspecified atom stereocenters. The van der Waals surface area contributed by atoms with Gasteiger partial charge in [-0.3, -0.25) is 0 Å². The van der Waals surface area contributed by atoms with E-state index in [9.17, 15) is 0 Å². The zero-order chi connectivity index (χ0) is 15.2. The summed E-state index contributed by atoms with van der Waals surface area (Å²) in [6, 6.07) is 10.9. The van der Waals surface area contributed by atoms with Crippen LogP contribution in [0.15, 0.2) is 24.3 Å². The molecule has 1 saturated heterocycles. The van der Waals surface area contributed by atoms with Gasteiger partial charge in [-0.05, 0) is 72.0 Å². The fourth-order valence-electron chi connectivity index (χ4n) is 3.32. The Balaban J connectivity index is 1.69. The molecule has 0 aliphatic carbocycles. The monoisotopic (exact) mass is 288 g/mol. The lowest BCUT2D eigenvalue weighted by Gasteiger charge is -2.36. The molecular weight excluding hydrogens is 256 g/mol. The molecule has 2 heteroatoms. The van der Waals surface area contributed by atoms with Crippen LogP contribution in [-0.2, 0) is 6.42 Å². The third kappa shape index (κ3) is 5.44. The summed E-state index contributed by atoms with van der Waals surface area (Å²) in [6.45, 7) is 11.6. The summed E-state index contributed by atoms with van der Waals surface area (Å²) in [4.78, 5) is 2.59. The van der Waals surface area contributed by atoms with Gasteiger partial charge in [0.2, 0.25) is 0 Å². The Kier molecular flexibility index (Phi) is 6.25. The Labute approximate surface area is 130 Å². The molecule has 1 aliphatic heterocycles. The molecule has 2 rings (SSSR count). The summed E-state index contributed by atoms with van der Waals surface area (Å²) in [5.41, 5.74) is 2.84. The van der Waals surface area contributed by atoms with Crippen LogP contribution in [0.2, 0.25) is 0 Å². The van der Waals surface area contributed by atoms with Gasteiger partial charge in [-0.1, -0.05) is 29.8 Å². The summed E-state index contributed by atoms with van der Waals surface area (Å²) in [6.07, 6.45) is 5.01. The Hall–Kier alpha value is -0.860. The van der Waals surface area contributed by atoms with Crippen LogP contribution in [-0.4, -0.2) is 36.1 Å². The van der Waals surface area contributed by atoms with Crippen molar-refractivity contribution < 1.29 is 0 Å². The van der Waals surface area contributed by atoms with Crippen molar-refractivity contribution in [1.82, 2.24) is 10.2 Å². The molecule has 1 atom stereocenters. The van der Waals surface area contributed by atoms with E-state index in [0.29, 0.717) is 18.1 Å². The van der Waals surface area contributed by atoms with Gasteiger partial charge < -0.3 is 10.2 Å². The highest BCUT2D eigenvalue weighted by Gasteiger charge is 2.21. The highest BCUT2D eigenvalue weighted by atomic mass is 15.2. The molecule has 2 nitrogen and oxygen atoms in total. The van der Waals surface area contributed by atoms with Crippen molar-refractivity contribution in [3.05, 3.63) is 35.4 Å². The molecule has 0 aromatic heterocycles. The molecule has 118 valence electrons. The standard InChI is InChI=1S/C19H32N2/c1-15(2)21-12-10-19(11-13-21)20-17(4)8-9-18-7-5-6-16(3)14-18/h5-7,14-15,17,19-20H,8-13H2,1-4H3. The van der Waals surface area contributed by atoms with Gasteiger partial charge in [-0.2, -0.15) is 0 Å². The molecule has 1 fully saturated rings. The van der Waals surface area contributed by atoms with Crippen LogP contribution < -0.4 is 5.32 Å². The number of piperidine rings is 1. The number of aryl methyl sites for hydroxylation is 2. The van der Waals surface area contributed by atoms with Gasteiger partial charge >= 0.3 is 0 Å². The molecule has 0 amide bonds. The van der Waals surface area contributed by atoms with Gasteiger partial charge in [0.15, 0.2) is 0 Å². The quantitative estimate of drug-likeness (QED) is 0.857. The minimum Gasteiger partial charge on any atom is -0.311 e. The van der Waals surface area contributed by atoms with Crippen molar-refractivity contribution in [2.24, 2.45) is 0 Å². The van der Waals surface area contributed by atoms with Crippen molar-refractivity contribution in [2.75, 3.05) is 13.1 Å². The molecule has 0 radical (unpaired) electrons. The van der Waals surface area contributed by atoms with Crippen molar-refractivity contribution >= 4 is 0 Å². The van der Waals surface area contributed by atoms with E-state index in [1.807, 2.05) is 0 Å². The van der Waals surface area contributed by atoms with Crippen molar-refractivity contribution in [1.29, 1.82) is 0 Å². The summed E-state index contributed by atoms with van der Waals surface area (Å²) in [5, 5.41) is 3.84. The number of likely N-dealkylation sites (tertiary alicyclic amines) is 1. The van der Waals surface area contributed by atoms with Gasteiger partial charge in [0, 0.05) is 18.1 Å². The first-order valence-corrected chi connectivity index (χ1v) is 8.60. The van der Waals surface area contributed by atoms with E-state index < -0.39 is 0 Å². The summed E-state index contributed by atoms with van der Waals surface area (Å²) >= 11 is 0. The zero-order valence-electron chi connectivity index (χ0n) is 14.2. The van der Waals surface area contributed by atoms with Gasteiger partial charge in [0.05, 0.1) is 0 Å².